The number of hydrogen-bond donors (Lipinski definition) is 2. The van der Waals surface area contributed by atoms with E-state index in [-0.39, 0.29) is 5.82 Å². The van der Waals surface area contributed by atoms with Crippen LogP contribution in [0.25, 0.3) is 0 Å². The van der Waals surface area contributed by atoms with Crippen molar-refractivity contribution in [2.24, 2.45) is 0 Å². The van der Waals surface area contributed by atoms with E-state index in [9.17, 15) is 9.18 Å². The van der Waals surface area contributed by atoms with Crippen LogP contribution in [0.4, 0.5) is 21.7 Å². The number of hydrogen-bond acceptors (Lipinski definition) is 6. The lowest BCUT2D eigenvalue weighted by atomic mass is 10.1. The standard InChI is InChI=1S/C20H19FN4O2/c1-27-20(26)15-7-3-5-9-17(15)25-19-12-18(23-13-24-19)22-11-10-14-6-2-4-8-16(14)21/h2-9,12-13H,10-11H2,1H3,(H2,22,23,24,25). The second-order valence-corrected chi connectivity index (χ2v) is 5.72. The molecule has 0 radical (unpaired) electrons. The first kappa shape index (κ1) is 18.3. The van der Waals surface area contributed by atoms with E-state index in [1.54, 1.807) is 36.4 Å². The molecule has 0 bridgehead atoms. The number of nitrogens with zero attached hydrogens (tertiary/aromatic N) is 2. The zero-order valence-corrected chi connectivity index (χ0v) is 14.8. The first-order chi connectivity index (χ1) is 13.2. The third kappa shape index (κ3) is 4.78. The van der Waals surface area contributed by atoms with Crippen LogP contribution in [0.3, 0.4) is 0 Å². The molecular formula is C20H19FN4O2. The molecule has 0 saturated carbocycles. The number of methoxy groups -OCH3 is 1. The minimum atomic E-state index is -0.435. The Morgan fingerprint density at radius 1 is 1.07 bits per heavy atom. The Bertz CT molecular complexity index is 933. The van der Waals surface area contributed by atoms with Crippen LogP contribution in [-0.2, 0) is 11.2 Å². The van der Waals surface area contributed by atoms with E-state index in [0.29, 0.717) is 41.4 Å². The summed E-state index contributed by atoms with van der Waals surface area (Å²) in [6.45, 7) is 0.524. The first-order valence-corrected chi connectivity index (χ1v) is 8.41. The maximum Gasteiger partial charge on any atom is 0.339 e. The lowest BCUT2D eigenvalue weighted by molar-refractivity contribution is 0.0602. The summed E-state index contributed by atoms with van der Waals surface area (Å²) in [5, 5.41) is 6.24. The van der Waals surface area contributed by atoms with E-state index >= 15 is 0 Å². The van der Waals surface area contributed by atoms with Crippen molar-refractivity contribution in [3.8, 4) is 0 Å². The molecule has 7 heteroatoms. The van der Waals surface area contributed by atoms with Crippen LogP contribution in [0.15, 0.2) is 60.9 Å². The van der Waals surface area contributed by atoms with Gasteiger partial charge in [-0.05, 0) is 30.2 Å². The van der Waals surface area contributed by atoms with E-state index in [2.05, 4.69) is 20.6 Å². The van der Waals surface area contributed by atoms with Crippen molar-refractivity contribution >= 4 is 23.3 Å². The van der Waals surface area contributed by atoms with Crippen LogP contribution in [-0.4, -0.2) is 29.6 Å². The molecule has 0 aliphatic heterocycles. The summed E-state index contributed by atoms with van der Waals surface area (Å²) in [5.41, 5.74) is 1.64. The van der Waals surface area contributed by atoms with Gasteiger partial charge in [0.1, 0.15) is 23.8 Å². The Kier molecular flexibility index (Phi) is 5.94. The molecule has 0 spiro atoms. The maximum atomic E-state index is 13.7. The van der Waals surface area contributed by atoms with Crippen LogP contribution in [0.1, 0.15) is 15.9 Å². The maximum absolute atomic E-state index is 13.7. The van der Waals surface area contributed by atoms with Gasteiger partial charge in [0.15, 0.2) is 0 Å². The van der Waals surface area contributed by atoms with E-state index in [4.69, 9.17) is 4.74 Å². The number of esters is 1. The smallest absolute Gasteiger partial charge is 0.339 e. The van der Waals surface area contributed by atoms with Crippen molar-refractivity contribution in [1.82, 2.24) is 9.97 Å². The monoisotopic (exact) mass is 366 g/mol. The second kappa shape index (κ2) is 8.75. The summed E-state index contributed by atoms with van der Waals surface area (Å²) in [6.07, 6.45) is 1.94. The molecule has 0 unspecified atom stereocenters. The summed E-state index contributed by atoms with van der Waals surface area (Å²) >= 11 is 0. The Hall–Kier alpha value is -3.48. The minimum Gasteiger partial charge on any atom is -0.465 e. The highest BCUT2D eigenvalue weighted by Crippen LogP contribution is 2.21. The molecule has 3 rings (SSSR count). The van der Waals surface area contributed by atoms with Crippen molar-refractivity contribution in [1.29, 1.82) is 0 Å². The van der Waals surface area contributed by atoms with Crippen molar-refractivity contribution < 1.29 is 13.9 Å². The Morgan fingerprint density at radius 2 is 1.81 bits per heavy atom. The molecular weight excluding hydrogens is 347 g/mol. The van der Waals surface area contributed by atoms with Crippen LogP contribution in [0.2, 0.25) is 0 Å². The molecule has 6 nitrogen and oxygen atoms in total. The second-order valence-electron chi connectivity index (χ2n) is 5.72. The number of nitrogens with one attached hydrogen (secondary N) is 2. The highest BCUT2D eigenvalue weighted by molar-refractivity contribution is 5.96. The number of anilines is 3. The van der Waals surface area contributed by atoms with Gasteiger partial charge in [-0.3, -0.25) is 0 Å². The fourth-order valence-electron chi connectivity index (χ4n) is 2.57. The highest BCUT2D eigenvalue weighted by atomic mass is 19.1. The van der Waals surface area contributed by atoms with Crippen LogP contribution in [0, 0.1) is 5.82 Å². The van der Waals surface area contributed by atoms with Crippen molar-refractivity contribution in [3.05, 3.63) is 77.9 Å². The number of para-hydroxylation sites is 1. The van der Waals surface area contributed by atoms with E-state index in [0.717, 1.165) is 0 Å². The molecule has 27 heavy (non-hydrogen) atoms. The van der Waals surface area contributed by atoms with Gasteiger partial charge in [-0.2, -0.15) is 0 Å². The molecule has 0 saturated heterocycles. The van der Waals surface area contributed by atoms with Gasteiger partial charge in [-0.25, -0.2) is 19.2 Å². The lowest BCUT2D eigenvalue weighted by Gasteiger charge is -2.11. The largest absolute Gasteiger partial charge is 0.465 e. The number of carbonyl (C=O) groups excluding carboxylic acids is 1. The van der Waals surface area contributed by atoms with Crippen molar-refractivity contribution in [3.63, 3.8) is 0 Å². The molecule has 138 valence electrons. The van der Waals surface area contributed by atoms with Crippen LogP contribution in [0.5, 0.6) is 0 Å². The van der Waals surface area contributed by atoms with Gasteiger partial charge in [0.25, 0.3) is 0 Å². The zero-order chi connectivity index (χ0) is 19.1. The van der Waals surface area contributed by atoms with Gasteiger partial charge < -0.3 is 15.4 Å². The average Bonchev–Trinajstić information content (AvgIpc) is 2.70. The molecule has 1 aromatic heterocycles. The minimum absolute atomic E-state index is 0.219. The van der Waals surface area contributed by atoms with Gasteiger partial charge in [-0.15, -0.1) is 0 Å². The molecule has 0 aliphatic rings. The normalized spacial score (nSPS) is 10.3. The van der Waals surface area contributed by atoms with Crippen molar-refractivity contribution in [2.75, 3.05) is 24.3 Å². The quantitative estimate of drug-likeness (QED) is 0.620. The number of ether oxygens (including phenoxy) is 1. The third-order valence-electron chi connectivity index (χ3n) is 3.92. The zero-order valence-electron chi connectivity index (χ0n) is 14.8. The number of rotatable bonds is 7. The number of benzene rings is 2. The summed E-state index contributed by atoms with van der Waals surface area (Å²) in [6, 6.07) is 15.4. The summed E-state index contributed by atoms with van der Waals surface area (Å²) in [7, 11) is 1.33. The molecule has 0 fully saturated rings. The summed E-state index contributed by atoms with van der Waals surface area (Å²) in [5.74, 6) is 0.466. The Labute approximate surface area is 156 Å². The molecule has 2 aromatic carbocycles. The summed E-state index contributed by atoms with van der Waals surface area (Å²) < 4.78 is 18.4. The fourth-order valence-corrected chi connectivity index (χ4v) is 2.57. The van der Waals surface area contributed by atoms with Crippen LogP contribution < -0.4 is 10.6 Å². The Balaban J connectivity index is 1.66. The van der Waals surface area contributed by atoms with Gasteiger partial charge in [0.2, 0.25) is 0 Å². The van der Waals surface area contributed by atoms with E-state index < -0.39 is 5.97 Å². The van der Waals surface area contributed by atoms with Gasteiger partial charge in [-0.1, -0.05) is 30.3 Å². The van der Waals surface area contributed by atoms with Crippen LogP contribution >= 0.6 is 0 Å². The molecule has 0 aliphatic carbocycles. The SMILES string of the molecule is COC(=O)c1ccccc1Nc1cc(NCCc2ccccc2F)ncn1. The van der Waals surface area contributed by atoms with Gasteiger partial charge in [0.05, 0.1) is 18.4 Å². The molecule has 2 N–H and O–H groups in total. The molecule has 1 heterocycles. The molecule has 3 aromatic rings. The highest BCUT2D eigenvalue weighted by Gasteiger charge is 2.11. The number of halogens is 1. The molecule has 0 amide bonds. The number of aromatic nitrogens is 2. The fraction of sp³-hybridized carbons (Fsp3) is 0.150. The van der Waals surface area contributed by atoms with Crippen molar-refractivity contribution in [2.45, 2.75) is 6.42 Å². The average molecular weight is 366 g/mol. The lowest BCUT2D eigenvalue weighted by Crippen LogP contribution is -2.09. The Morgan fingerprint density at radius 3 is 2.63 bits per heavy atom. The van der Waals surface area contributed by atoms with E-state index in [1.807, 2.05) is 12.1 Å². The van der Waals surface area contributed by atoms with Gasteiger partial charge >= 0.3 is 5.97 Å². The summed E-state index contributed by atoms with van der Waals surface area (Å²) in [4.78, 5) is 20.2. The topological polar surface area (TPSA) is 76.1 Å². The van der Waals surface area contributed by atoms with Gasteiger partial charge in [0, 0.05) is 12.6 Å². The predicted octanol–water partition coefficient (Wildman–Crippen LogP) is 3.80. The third-order valence-corrected chi connectivity index (χ3v) is 3.92. The first-order valence-electron chi connectivity index (χ1n) is 8.41. The number of carbonyl (C=O) groups is 1. The predicted molar refractivity (Wildman–Crippen MR) is 102 cm³/mol. The molecule has 0 atom stereocenters. The van der Waals surface area contributed by atoms with E-state index in [1.165, 1.54) is 19.5 Å².